The molecule has 0 aliphatic heterocycles. The van der Waals surface area contributed by atoms with E-state index in [2.05, 4.69) is 35.7 Å². The molecule has 0 atom stereocenters. The highest BCUT2D eigenvalue weighted by molar-refractivity contribution is 6.00. The first-order valence-electron chi connectivity index (χ1n) is 42.4. The average Bonchev–Trinajstić information content (AvgIpc) is 0.827. The maximum atomic E-state index is 13.6. The number of hydrogen-bond acceptors (Lipinski definition) is 15. The highest BCUT2D eigenvalue weighted by Crippen LogP contribution is 2.25. The number of nitrogens with zero attached hydrogens (tertiary/aromatic N) is 3. The van der Waals surface area contributed by atoms with Gasteiger partial charge >= 0.3 is 17.9 Å². The maximum Gasteiger partial charge on any atom is 0.338 e. The van der Waals surface area contributed by atoms with Gasteiger partial charge in [-0.2, -0.15) is 0 Å². The fraction of sp³-hybridized carbons (Fsp3) is 0.500. The molecule has 0 spiro atoms. The third-order valence-corrected chi connectivity index (χ3v) is 19.3. The van der Waals surface area contributed by atoms with Crippen LogP contribution in [0.15, 0.2) is 179 Å². The second kappa shape index (κ2) is 57.8. The average molecular weight is 1520 g/mol. The first kappa shape index (κ1) is 89.0. The number of benzene rings is 7. The molecule has 0 aliphatic carbocycles. The molecule has 0 saturated heterocycles. The second-order valence-electron chi connectivity index (χ2n) is 28.9. The predicted molar refractivity (Wildman–Crippen MR) is 454 cm³/mol. The van der Waals surface area contributed by atoms with Crippen molar-refractivity contribution in [2.45, 2.75) is 252 Å². The first-order valence-corrected chi connectivity index (χ1v) is 42.4. The van der Waals surface area contributed by atoms with E-state index in [-0.39, 0.29) is 36.5 Å². The zero-order chi connectivity index (χ0) is 77.9. The van der Waals surface area contributed by atoms with Crippen molar-refractivity contribution in [3.63, 3.8) is 0 Å². The smallest absolute Gasteiger partial charge is 0.338 e. The molecule has 0 N–H and O–H groups in total. The van der Waals surface area contributed by atoms with Crippen molar-refractivity contribution in [2.75, 3.05) is 59.5 Å². The summed E-state index contributed by atoms with van der Waals surface area (Å²) >= 11 is 0. The lowest BCUT2D eigenvalue weighted by Gasteiger charge is -2.11. The largest absolute Gasteiger partial charge is 0.494 e. The molecule has 15 nitrogen and oxygen atoms in total. The Labute approximate surface area is 665 Å². The molecule has 0 amide bonds. The van der Waals surface area contributed by atoms with Gasteiger partial charge in [-0.1, -0.05) is 194 Å². The molecule has 0 radical (unpaired) electrons. The molecule has 0 aliphatic rings. The second-order valence-corrected chi connectivity index (χ2v) is 28.9. The lowest BCUT2D eigenvalue weighted by atomic mass is 10.1. The predicted octanol–water partition coefficient (Wildman–Crippen LogP) is 25.9. The van der Waals surface area contributed by atoms with Crippen molar-refractivity contribution in [2.24, 2.45) is 15.0 Å². The minimum Gasteiger partial charge on any atom is -0.494 e. The Bertz CT molecular complexity index is 3270. The van der Waals surface area contributed by atoms with Crippen LogP contribution in [0.25, 0.3) is 0 Å². The monoisotopic (exact) mass is 1520 g/mol. The van der Waals surface area contributed by atoms with Gasteiger partial charge in [-0.05, 0) is 238 Å². The Morgan fingerprint density at radius 3 is 0.595 bits per heavy atom. The molecular weight excluding hydrogens is 1390 g/mol. The lowest BCUT2D eigenvalue weighted by Crippen LogP contribution is -2.14. The lowest BCUT2D eigenvalue weighted by molar-refractivity contribution is 0.0494. The molecule has 600 valence electrons. The number of ether oxygens (including phenoxy) is 9. The summed E-state index contributed by atoms with van der Waals surface area (Å²) in [6.45, 7) is 11.5. The van der Waals surface area contributed by atoms with Crippen LogP contribution in [-0.2, 0) is 14.2 Å². The summed E-state index contributed by atoms with van der Waals surface area (Å²) in [5, 5.41) is 0. The number of carbonyl (C=O) groups excluding carboxylic acids is 3. The van der Waals surface area contributed by atoms with Gasteiger partial charge in [-0.15, -0.1) is 0 Å². The van der Waals surface area contributed by atoms with E-state index in [1.165, 1.54) is 115 Å². The molecule has 0 saturated carbocycles. The fourth-order valence-corrected chi connectivity index (χ4v) is 12.5. The molecule has 7 aromatic rings. The molecule has 7 aromatic carbocycles. The third kappa shape index (κ3) is 40.5. The van der Waals surface area contributed by atoms with Gasteiger partial charge in [0.1, 0.15) is 34.5 Å². The van der Waals surface area contributed by atoms with E-state index in [4.69, 9.17) is 42.6 Å². The Balaban J connectivity index is 0.758. The van der Waals surface area contributed by atoms with Gasteiger partial charge in [0, 0.05) is 18.6 Å². The van der Waals surface area contributed by atoms with Gasteiger partial charge in [0.2, 0.25) is 0 Å². The van der Waals surface area contributed by atoms with Crippen molar-refractivity contribution in [3.05, 3.63) is 197 Å². The molecule has 0 heterocycles. The molecule has 0 fully saturated rings. The van der Waals surface area contributed by atoms with Crippen molar-refractivity contribution in [1.82, 2.24) is 0 Å². The first-order chi connectivity index (χ1) is 54.7. The van der Waals surface area contributed by atoms with Gasteiger partial charge in [0.25, 0.3) is 0 Å². The summed E-state index contributed by atoms with van der Waals surface area (Å²) in [5.41, 5.74) is 5.91. The fourth-order valence-electron chi connectivity index (χ4n) is 12.5. The minimum absolute atomic E-state index is 0.101. The van der Waals surface area contributed by atoms with Gasteiger partial charge < -0.3 is 42.6 Å². The summed E-state index contributed by atoms with van der Waals surface area (Å²) in [5.74, 6) is 3.29. The number of esters is 3. The summed E-state index contributed by atoms with van der Waals surface area (Å²) in [6, 6.07) is 52.0. The zero-order valence-electron chi connectivity index (χ0n) is 67.4. The highest BCUT2D eigenvalue weighted by atomic mass is 16.5. The molecule has 15 heteroatoms. The number of rotatable bonds is 63. The van der Waals surface area contributed by atoms with E-state index in [1.807, 2.05) is 164 Å². The van der Waals surface area contributed by atoms with Crippen LogP contribution in [0.3, 0.4) is 0 Å². The Kier molecular flexibility index (Phi) is 46.3. The summed E-state index contributed by atoms with van der Waals surface area (Å²) in [7, 11) is 0. The van der Waals surface area contributed by atoms with Crippen LogP contribution in [-0.4, -0.2) is 96.0 Å². The molecular formula is C96H129N3O12. The Hall–Kier alpha value is -9.24. The van der Waals surface area contributed by atoms with E-state index in [1.54, 1.807) is 0 Å². The van der Waals surface area contributed by atoms with Crippen LogP contribution in [0.1, 0.15) is 300 Å². The van der Waals surface area contributed by atoms with Crippen molar-refractivity contribution < 1.29 is 57.0 Å². The SMILES string of the molecule is CCCCCCCCOc1ccc(C=Nc2ccc(OCCCCCCCCOC(=O)c3cc(C(=O)OCCCCCCCCOc4ccc(N=Cc5ccc(OCCCCCCCC)cc5)cc4)cc(C(=O)OCCCCCCCCOc4ccc(N=Cc5ccc(OCCCCCCCC)cc5)cc4)c3)cc2)cc1. The Morgan fingerprint density at radius 1 is 0.225 bits per heavy atom. The number of carbonyl (C=O) groups is 3. The van der Waals surface area contributed by atoms with Crippen LogP contribution in [0.5, 0.6) is 34.5 Å². The highest BCUT2D eigenvalue weighted by Gasteiger charge is 2.20. The van der Waals surface area contributed by atoms with E-state index < -0.39 is 17.9 Å². The summed E-state index contributed by atoms with van der Waals surface area (Å²) in [6.07, 6.45) is 44.6. The summed E-state index contributed by atoms with van der Waals surface area (Å²) < 4.78 is 53.0. The maximum absolute atomic E-state index is 13.6. The molecule has 7 rings (SSSR count). The van der Waals surface area contributed by atoms with Crippen molar-refractivity contribution in [3.8, 4) is 34.5 Å². The van der Waals surface area contributed by atoms with E-state index in [0.717, 1.165) is 204 Å². The van der Waals surface area contributed by atoms with E-state index >= 15 is 0 Å². The minimum atomic E-state index is -0.609. The van der Waals surface area contributed by atoms with E-state index in [9.17, 15) is 14.4 Å². The van der Waals surface area contributed by atoms with Gasteiger partial charge in [-0.3, -0.25) is 15.0 Å². The normalized spacial score (nSPS) is 11.4. The number of aliphatic imine (C=N–C) groups is 3. The molecule has 0 aromatic heterocycles. The summed E-state index contributed by atoms with van der Waals surface area (Å²) in [4.78, 5) is 54.6. The zero-order valence-corrected chi connectivity index (χ0v) is 67.4. The van der Waals surface area contributed by atoms with Crippen molar-refractivity contribution >= 4 is 53.6 Å². The van der Waals surface area contributed by atoms with Crippen LogP contribution >= 0.6 is 0 Å². The van der Waals surface area contributed by atoms with Crippen LogP contribution < -0.4 is 28.4 Å². The third-order valence-electron chi connectivity index (χ3n) is 19.3. The van der Waals surface area contributed by atoms with Crippen LogP contribution in [0.2, 0.25) is 0 Å². The topological polar surface area (TPSA) is 171 Å². The Morgan fingerprint density at radius 2 is 0.396 bits per heavy atom. The standard InChI is InChI=1S/C96H129N3O12/c1-4-7-10-13-22-31-64-103-88-52-40-79(41-53-88)76-97-85-46-58-91(59-47-85)106-67-34-25-16-19-28-37-70-109-94(100)82-73-83(95(101)110-71-38-29-20-17-26-35-68-107-92-60-48-86(49-61-92)98-77-80-42-54-89(55-43-80)104-65-32-23-14-11-8-5-2)75-84(74-82)96(102)111-72-39-30-21-18-27-36-69-108-93-62-50-87(51-63-93)99-78-81-44-56-90(57-45-81)105-66-33-24-15-12-9-6-3/h40-63,73-78H,4-39,64-72H2,1-3H3. The molecule has 0 unspecified atom stereocenters. The van der Waals surface area contributed by atoms with Gasteiger partial charge in [0.15, 0.2) is 0 Å². The van der Waals surface area contributed by atoms with E-state index in [0.29, 0.717) is 39.1 Å². The number of unbranched alkanes of at least 4 members (excludes halogenated alkanes) is 30. The van der Waals surface area contributed by atoms with Crippen LogP contribution in [0, 0.1) is 0 Å². The quantitative estimate of drug-likeness (QED) is 0.0153. The molecule has 111 heavy (non-hydrogen) atoms. The van der Waals surface area contributed by atoms with Gasteiger partial charge in [-0.25, -0.2) is 14.4 Å². The van der Waals surface area contributed by atoms with Crippen molar-refractivity contribution in [1.29, 1.82) is 0 Å². The molecule has 0 bridgehead atoms. The van der Waals surface area contributed by atoms with Crippen LogP contribution in [0.4, 0.5) is 17.1 Å². The van der Waals surface area contributed by atoms with Gasteiger partial charge in [0.05, 0.1) is 93.2 Å². The number of hydrogen-bond donors (Lipinski definition) is 0.